The lowest BCUT2D eigenvalue weighted by Crippen LogP contribution is -2.14. The maximum Gasteiger partial charge on any atom is 0.311 e. The van der Waals surface area contributed by atoms with Crippen molar-refractivity contribution < 1.29 is 14.3 Å². The largest absolute Gasteiger partial charge is 0.466 e. The number of ether oxygens (including phenoxy) is 1. The number of fused-ring (bicyclic) bond motifs is 1. The Balaban J connectivity index is 1.41. The average Bonchev–Trinajstić information content (AvgIpc) is 3.40. The van der Waals surface area contributed by atoms with Gasteiger partial charge in [-0.2, -0.15) is 5.10 Å². The average molecular weight is 469 g/mol. The second kappa shape index (κ2) is 9.88. The summed E-state index contributed by atoms with van der Waals surface area (Å²) in [6, 6.07) is 7.92. The maximum absolute atomic E-state index is 12.4. The Morgan fingerprint density at radius 1 is 1.25 bits per heavy atom. The first-order chi connectivity index (χ1) is 15.5. The third-order valence-corrected chi connectivity index (χ3v) is 6.25. The van der Waals surface area contributed by atoms with E-state index in [0.717, 1.165) is 16.6 Å². The lowest BCUT2D eigenvalue weighted by Gasteiger charge is -2.07. The number of thiazole rings is 1. The number of anilines is 1. The molecule has 0 fully saturated rings. The fourth-order valence-corrected chi connectivity index (χ4v) is 4.50. The molecule has 0 aliphatic rings. The molecule has 0 atom stereocenters. The molecule has 0 radical (unpaired) electrons. The van der Waals surface area contributed by atoms with Gasteiger partial charge in [-0.3, -0.25) is 9.59 Å². The summed E-state index contributed by atoms with van der Waals surface area (Å²) < 4.78 is 6.69. The first-order valence-corrected chi connectivity index (χ1v) is 11.7. The Hall–Kier alpha value is -3.31. The number of hydrogen-bond donors (Lipinski definition) is 1. The minimum Gasteiger partial charge on any atom is -0.466 e. The molecule has 0 saturated heterocycles. The number of aromatic nitrogens is 5. The van der Waals surface area contributed by atoms with E-state index in [9.17, 15) is 9.59 Å². The molecule has 0 unspecified atom stereocenters. The van der Waals surface area contributed by atoms with Gasteiger partial charge in [0, 0.05) is 5.38 Å². The van der Waals surface area contributed by atoms with Crippen LogP contribution in [0.2, 0.25) is 0 Å². The lowest BCUT2D eigenvalue weighted by molar-refractivity contribution is -0.142. The van der Waals surface area contributed by atoms with E-state index >= 15 is 0 Å². The van der Waals surface area contributed by atoms with Crippen LogP contribution in [0.3, 0.4) is 0 Å². The summed E-state index contributed by atoms with van der Waals surface area (Å²) in [7, 11) is 0. The summed E-state index contributed by atoms with van der Waals surface area (Å²) in [4.78, 5) is 36.9. The van der Waals surface area contributed by atoms with Crippen LogP contribution in [0.25, 0.3) is 16.7 Å². The number of amides is 1. The molecule has 11 heteroatoms. The van der Waals surface area contributed by atoms with Crippen molar-refractivity contribution in [1.82, 2.24) is 24.7 Å². The van der Waals surface area contributed by atoms with E-state index in [-0.39, 0.29) is 24.1 Å². The van der Waals surface area contributed by atoms with Gasteiger partial charge in [0.1, 0.15) is 11.4 Å². The van der Waals surface area contributed by atoms with Crippen LogP contribution in [0.5, 0.6) is 0 Å². The number of carbonyl (C=O) groups excluding carboxylic acids is 2. The van der Waals surface area contributed by atoms with Crippen molar-refractivity contribution in [3.05, 3.63) is 53.4 Å². The van der Waals surface area contributed by atoms with Gasteiger partial charge >= 0.3 is 5.97 Å². The van der Waals surface area contributed by atoms with Crippen molar-refractivity contribution in [3.63, 3.8) is 0 Å². The van der Waals surface area contributed by atoms with E-state index in [2.05, 4.69) is 25.4 Å². The summed E-state index contributed by atoms with van der Waals surface area (Å²) >= 11 is 2.57. The summed E-state index contributed by atoms with van der Waals surface area (Å²) in [6.45, 7) is 4.09. The van der Waals surface area contributed by atoms with Crippen LogP contribution in [0.15, 0.2) is 47.2 Å². The van der Waals surface area contributed by atoms with Gasteiger partial charge in [0.15, 0.2) is 10.8 Å². The highest BCUT2D eigenvalue weighted by Crippen LogP contribution is 2.27. The highest BCUT2D eigenvalue weighted by atomic mass is 32.2. The normalized spacial score (nSPS) is 10.9. The molecule has 4 aromatic rings. The Morgan fingerprint density at radius 2 is 2.09 bits per heavy atom. The molecule has 1 aromatic carbocycles. The predicted octanol–water partition coefficient (Wildman–Crippen LogP) is 3.42. The van der Waals surface area contributed by atoms with Gasteiger partial charge in [-0.25, -0.2) is 19.6 Å². The Labute approximate surface area is 192 Å². The Bertz CT molecular complexity index is 1270. The van der Waals surface area contributed by atoms with E-state index < -0.39 is 0 Å². The van der Waals surface area contributed by atoms with Crippen molar-refractivity contribution >= 4 is 51.1 Å². The van der Waals surface area contributed by atoms with Gasteiger partial charge in [0.2, 0.25) is 5.91 Å². The molecule has 9 nitrogen and oxygen atoms in total. The molecule has 4 rings (SSSR count). The van der Waals surface area contributed by atoms with Crippen molar-refractivity contribution in [1.29, 1.82) is 0 Å². The van der Waals surface area contributed by atoms with Crippen LogP contribution in [0.4, 0.5) is 5.13 Å². The van der Waals surface area contributed by atoms with E-state index in [1.54, 1.807) is 23.2 Å². The predicted molar refractivity (Wildman–Crippen MR) is 123 cm³/mol. The third kappa shape index (κ3) is 4.94. The summed E-state index contributed by atoms with van der Waals surface area (Å²) in [5, 5.41) is 10.9. The molecule has 32 heavy (non-hydrogen) atoms. The van der Waals surface area contributed by atoms with Crippen molar-refractivity contribution in [2.75, 3.05) is 17.7 Å². The number of nitrogens with zero attached hydrogens (tertiary/aromatic N) is 5. The molecule has 0 aliphatic heterocycles. The number of benzene rings is 1. The van der Waals surface area contributed by atoms with Crippen LogP contribution in [0, 0.1) is 6.92 Å². The number of hydrogen-bond acceptors (Lipinski definition) is 9. The van der Waals surface area contributed by atoms with Crippen molar-refractivity contribution in [3.8, 4) is 5.69 Å². The summed E-state index contributed by atoms with van der Waals surface area (Å²) in [5.41, 5.74) is 3.27. The third-order valence-electron chi connectivity index (χ3n) is 4.44. The highest BCUT2D eigenvalue weighted by molar-refractivity contribution is 8.00. The molecule has 3 aromatic heterocycles. The minimum absolute atomic E-state index is 0.0821. The van der Waals surface area contributed by atoms with E-state index in [1.807, 2.05) is 31.2 Å². The van der Waals surface area contributed by atoms with Gasteiger partial charge in [0.25, 0.3) is 0 Å². The van der Waals surface area contributed by atoms with Gasteiger partial charge in [-0.15, -0.1) is 11.3 Å². The van der Waals surface area contributed by atoms with Crippen molar-refractivity contribution in [2.45, 2.75) is 25.3 Å². The quantitative estimate of drug-likeness (QED) is 0.238. The smallest absolute Gasteiger partial charge is 0.311 e. The van der Waals surface area contributed by atoms with Gasteiger partial charge in [-0.05, 0) is 25.5 Å². The van der Waals surface area contributed by atoms with Crippen LogP contribution in [0.1, 0.15) is 18.2 Å². The van der Waals surface area contributed by atoms with E-state index in [0.29, 0.717) is 28.1 Å². The Kier molecular flexibility index (Phi) is 6.76. The highest BCUT2D eigenvalue weighted by Gasteiger charge is 2.15. The standard InChI is InChI=1S/C21H20N6O3S2/c1-3-30-18(29)8-14-10-32-21(25-14)26-17(28)11-31-20-15-9-24-27(19(15)22-12-23-20)16-7-5-4-6-13(16)2/h4-7,9-10,12H,3,8,11H2,1-2H3,(H,25,26,28). The van der Waals surface area contributed by atoms with Crippen LogP contribution in [-0.4, -0.2) is 49.0 Å². The van der Waals surface area contributed by atoms with Crippen LogP contribution < -0.4 is 5.32 Å². The summed E-state index contributed by atoms with van der Waals surface area (Å²) in [5.74, 6) is -0.413. The zero-order valence-corrected chi connectivity index (χ0v) is 19.1. The molecule has 0 bridgehead atoms. The van der Waals surface area contributed by atoms with Gasteiger partial charge in [-0.1, -0.05) is 30.0 Å². The monoisotopic (exact) mass is 468 g/mol. The molecule has 1 N–H and O–H groups in total. The Morgan fingerprint density at radius 3 is 2.91 bits per heavy atom. The molecule has 3 heterocycles. The zero-order chi connectivity index (χ0) is 22.5. The molecule has 0 aliphatic carbocycles. The van der Waals surface area contributed by atoms with Crippen molar-refractivity contribution in [2.24, 2.45) is 0 Å². The number of aryl methyl sites for hydroxylation is 1. The maximum atomic E-state index is 12.4. The lowest BCUT2D eigenvalue weighted by atomic mass is 10.2. The fourth-order valence-electron chi connectivity index (χ4n) is 3.01. The number of thioether (sulfide) groups is 1. The summed E-state index contributed by atoms with van der Waals surface area (Å²) in [6.07, 6.45) is 3.27. The minimum atomic E-state index is -0.342. The molecule has 1 amide bonds. The molecule has 164 valence electrons. The number of para-hydroxylation sites is 1. The molecular formula is C21H20N6O3S2. The van der Waals surface area contributed by atoms with E-state index in [4.69, 9.17) is 4.74 Å². The topological polar surface area (TPSA) is 112 Å². The second-order valence-electron chi connectivity index (χ2n) is 6.72. The second-order valence-corrected chi connectivity index (χ2v) is 8.54. The van der Waals surface area contributed by atoms with Crippen LogP contribution in [-0.2, 0) is 20.7 Å². The number of carbonyl (C=O) groups is 2. The van der Waals surface area contributed by atoms with Crippen LogP contribution >= 0.6 is 23.1 Å². The number of rotatable bonds is 8. The molecular weight excluding hydrogens is 448 g/mol. The molecule has 0 saturated carbocycles. The first kappa shape index (κ1) is 21.9. The number of esters is 1. The van der Waals surface area contributed by atoms with Gasteiger partial charge < -0.3 is 10.1 Å². The zero-order valence-electron chi connectivity index (χ0n) is 17.4. The SMILES string of the molecule is CCOC(=O)Cc1csc(NC(=O)CSc2ncnc3c2cnn3-c2ccccc2C)n1. The fraction of sp³-hybridized carbons (Fsp3) is 0.238. The number of nitrogens with one attached hydrogen (secondary N) is 1. The first-order valence-electron chi connectivity index (χ1n) is 9.82. The molecule has 0 spiro atoms. The van der Waals surface area contributed by atoms with E-state index in [1.165, 1.54) is 29.4 Å². The van der Waals surface area contributed by atoms with Gasteiger partial charge in [0.05, 0.1) is 41.7 Å².